The quantitative estimate of drug-likeness (QED) is 0.885. The van der Waals surface area contributed by atoms with Gasteiger partial charge in [0.15, 0.2) is 0 Å². The summed E-state index contributed by atoms with van der Waals surface area (Å²) in [6, 6.07) is 3.51. The first-order valence-corrected chi connectivity index (χ1v) is 7.45. The molecule has 1 aliphatic rings. The third-order valence-electron chi connectivity index (χ3n) is 3.33. The van der Waals surface area contributed by atoms with E-state index in [-0.39, 0.29) is 23.0 Å². The monoisotopic (exact) mass is 288 g/mol. The van der Waals surface area contributed by atoms with Gasteiger partial charge in [0, 0.05) is 25.8 Å². The number of benzene rings is 1. The van der Waals surface area contributed by atoms with Crippen molar-refractivity contribution in [2.75, 3.05) is 20.3 Å². The minimum absolute atomic E-state index is 0.0363. The van der Waals surface area contributed by atoms with Crippen LogP contribution < -0.4 is 5.73 Å². The van der Waals surface area contributed by atoms with Crippen molar-refractivity contribution in [3.63, 3.8) is 0 Å². The Morgan fingerprint density at radius 1 is 1.53 bits per heavy atom. The van der Waals surface area contributed by atoms with E-state index in [9.17, 15) is 12.8 Å². The van der Waals surface area contributed by atoms with E-state index >= 15 is 0 Å². The lowest BCUT2D eigenvalue weighted by Gasteiger charge is -2.22. The number of likely N-dealkylation sites (N-methyl/N-ethyl adjacent to an activating group) is 1. The van der Waals surface area contributed by atoms with Crippen molar-refractivity contribution in [3.8, 4) is 0 Å². The number of hydrogen-bond acceptors (Lipinski definition) is 4. The summed E-state index contributed by atoms with van der Waals surface area (Å²) in [7, 11) is -2.13. The third-order valence-corrected chi connectivity index (χ3v) is 5.24. The summed E-state index contributed by atoms with van der Waals surface area (Å²) < 4.78 is 44.6. The van der Waals surface area contributed by atoms with E-state index in [1.165, 1.54) is 23.5 Å². The van der Waals surface area contributed by atoms with Crippen LogP contribution in [0.3, 0.4) is 0 Å². The summed E-state index contributed by atoms with van der Waals surface area (Å²) >= 11 is 0. The second kappa shape index (κ2) is 5.54. The summed E-state index contributed by atoms with van der Waals surface area (Å²) in [5, 5.41) is 0. The first-order valence-electron chi connectivity index (χ1n) is 6.01. The molecule has 0 aromatic heterocycles. The largest absolute Gasteiger partial charge is 0.380 e. The maximum Gasteiger partial charge on any atom is 0.243 e. The van der Waals surface area contributed by atoms with Crippen LogP contribution in [0.25, 0.3) is 0 Å². The fraction of sp³-hybridized carbons (Fsp3) is 0.500. The van der Waals surface area contributed by atoms with Gasteiger partial charge < -0.3 is 10.5 Å². The zero-order valence-corrected chi connectivity index (χ0v) is 11.5. The van der Waals surface area contributed by atoms with Gasteiger partial charge >= 0.3 is 0 Å². The van der Waals surface area contributed by atoms with Crippen LogP contribution in [-0.4, -0.2) is 39.0 Å². The molecule has 7 heteroatoms. The van der Waals surface area contributed by atoms with E-state index in [4.69, 9.17) is 10.5 Å². The van der Waals surface area contributed by atoms with Crippen LogP contribution >= 0.6 is 0 Å². The Balaban J connectivity index is 2.33. The first-order chi connectivity index (χ1) is 8.96. The molecule has 1 unspecified atom stereocenters. The highest BCUT2D eigenvalue weighted by molar-refractivity contribution is 7.89. The van der Waals surface area contributed by atoms with E-state index in [0.717, 1.165) is 6.07 Å². The van der Waals surface area contributed by atoms with Gasteiger partial charge in [0.05, 0.1) is 17.5 Å². The second-order valence-electron chi connectivity index (χ2n) is 4.50. The molecule has 2 N–H and O–H groups in total. The zero-order chi connectivity index (χ0) is 14.0. The Kier molecular flexibility index (Phi) is 4.19. The van der Waals surface area contributed by atoms with Crippen molar-refractivity contribution in [3.05, 3.63) is 29.6 Å². The second-order valence-corrected chi connectivity index (χ2v) is 6.49. The fourth-order valence-electron chi connectivity index (χ4n) is 2.04. The lowest BCUT2D eigenvalue weighted by molar-refractivity contribution is 0.181. The molecular formula is C12H17FN2O3S. The number of halogens is 1. The van der Waals surface area contributed by atoms with Crippen LogP contribution in [-0.2, 0) is 21.3 Å². The molecule has 1 fully saturated rings. The lowest BCUT2D eigenvalue weighted by Crippen LogP contribution is -2.37. The highest BCUT2D eigenvalue weighted by Crippen LogP contribution is 2.22. The van der Waals surface area contributed by atoms with Gasteiger partial charge in [0.25, 0.3) is 0 Å². The predicted molar refractivity (Wildman–Crippen MR) is 68.5 cm³/mol. The summed E-state index contributed by atoms with van der Waals surface area (Å²) in [6.07, 6.45) is 0.667. The Hall–Kier alpha value is -1.02. The number of sulfonamides is 1. The van der Waals surface area contributed by atoms with E-state index < -0.39 is 15.8 Å². The zero-order valence-electron chi connectivity index (χ0n) is 10.7. The van der Waals surface area contributed by atoms with Gasteiger partial charge in [-0.2, -0.15) is 4.31 Å². The maximum atomic E-state index is 13.4. The van der Waals surface area contributed by atoms with Crippen molar-refractivity contribution in [2.45, 2.75) is 23.9 Å². The van der Waals surface area contributed by atoms with Crippen LogP contribution in [0.1, 0.15) is 12.0 Å². The molecule has 0 saturated carbocycles. The summed E-state index contributed by atoms with van der Waals surface area (Å²) in [5.74, 6) is -0.492. The average molecular weight is 288 g/mol. The maximum absolute atomic E-state index is 13.4. The normalized spacial score (nSPS) is 20.1. The van der Waals surface area contributed by atoms with Gasteiger partial charge in [0.1, 0.15) is 5.82 Å². The predicted octanol–water partition coefficient (Wildman–Crippen LogP) is 0.694. The Morgan fingerprint density at radius 2 is 2.26 bits per heavy atom. The van der Waals surface area contributed by atoms with E-state index in [1.807, 2.05) is 0 Å². The SMILES string of the molecule is CN(C1CCOC1)S(=O)(=O)c1ccc(F)c(CN)c1. The molecule has 2 rings (SSSR count). The number of nitrogens with zero attached hydrogens (tertiary/aromatic N) is 1. The van der Waals surface area contributed by atoms with Crippen molar-refractivity contribution >= 4 is 10.0 Å². The van der Waals surface area contributed by atoms with Crippen LogP contribution in [0.4, 0.5) is 4.39 Å². The van der Waals surface area contributed by atoms with Crippen LogP contribution in [0.2, 0.25) is 0 Å². The molecule has 1 saturated heterocycles. The highest BCUT2D eigenvalue weighted by Gasteiger charge is 2.30. The number of ether oxygens (including phenoxy) is 1. The Morgan fingerprint density at radius 3 is 2.84 bits per heavy atom. The summed E-state index contributed by atoms with van der Waals surface area (Å²) in [5.41, 5.74) is 5.58. The molecule has 1 atom stereocenters. The topological polar surface area (TPSA) is 72.6 Å². The third kappa shape index (κ3) is 2.79. The molecule has 1 aromatic carbocycles. The Bertz CT molecular complexity index is 556. The van der Waals surface area contributed by atoms with Crippen LogP contribution in [0, 0.1) is 5.82 Å². The molecule has 19 heavy (non-hydrogen) atoms. The van der Waals surface area contributed by atoms with E-state index in [1.54, 1.807) is 0 Å². The minimum atomic E-state index is -3.64. The van der Waals surface area contributed by atoms with Crippen molar-refractivity contribution in [1.29, 1.82) is 0 Å². The molecular weight excluding hydrogens is 271 g/mol. The molecule has 0 amide bonds. The molecule has 1 heterocycles. The smallest absolute Gasteiger partial charge is 0.243 e. The van der Waals surface area contributed by atoms with Crippen molar-refractivity contribution in [1.82, 2.24) is 4.31 Å². The molecule has 1 aromatic rings. The molecule has 0 bridgehead atoms. The van der Waals surface area contributed by atoms with Gasteiger partial charge in [-0.05, 0) is 24.6 Å². The van der Waals surface area contributed by atoms with Gasteiger partial charge in [-0.3, -0.25) is 0 Å². The summed E-state index contributed by atoms with van der Waals surface area (Å²) in [6.45, 7) is 0.911. The molecule has 0 radical (unpaired) electrons. The molecule has 0 aliphatic carbocycles. The van der Waals surface area contributed by atoms with Crippen molar-refractivity contribution < 1.29 is 17.5 Å². The summed E-state index contributed by atoms with van der Waals surface area (Å²) in [4.78, 5) is 0.0590. The van der Waals surface area contributed by atoms with Gasteiger partial charge in [-0.1, -0.05) is 0 Å². The standard InChI is InChI=1S/C12H17FN2O3S/c1-15(10-4-5-18-8-10)19(16,17)11-2-3-12(13)9(6-11)7-14/h2-3,6,10H,4-5,7-8,14H2,1H3. The Labute approximate surface area is 112 Å². The van der Waals surface area contributed by atoms with Gasteiger partial charge in [-0.25, -0.2) is 12.8 Å². The van der Waals surface area contributed by atoms with Crippen molar-refractivity contribution in [2.24, 2.45) is 5.73 Å². The minimum Gasteiger partial charge on any atom is -0.380 e. The highest BCUT2D eigenvalue weighted by atomic mass is 32.2. The van der Waals surface area contributed by atoms with Gasteiger partial charge in [-0.15, -0.1) is 0 Å². The molecule has 106 valence electrons. The van der Waals surface area contributed by atoms with E-state index in [0.29, 0.717) is 19.6 Å². The molecule has 1 aliphatic heterocycles. The van der Waals surface area contributed by atoms with Gasteiger partial charge in [0.2, 0.25) is 10.0 Å². The number of hydrogen-bond donors (Lipinski definition) is 1. The molecule has 0 spiro atoms. The molecule has 5 nitrogen and oxygen atoms in total. The fourth-order valence-corrected chi connectivity index (χ4v) is 3.46. The number of rotatable bonds is 4. The first kappa shape index (κ1) is 14.4. The van der Waals surface area contributed by atoms with Crippen LogP contribution in [0.15, 0.2) is 23.1 Å². The lowest BCUT2D eigenvalue weighted by atomic mass is 10.2. The average Bonchev–Trinajstić information content (AvgIpc) is 2.91. The van der Waals surface area contributed by atoms with Crippen LogP contribution in [0.5, 0.6) is 0 Å². The van der Waals surface area contributed by atoms with E-state index in [2.05, 4.69) is 0 Å². The number of nitrogens with two attached hydrogens (primary N) is 1.